The lowest BCUT2D eigenvalue weighted by Crippen LogP contribution is -2.14. The average molecular weight is 440 g/mol. The zero-order valence-electron chi connectivity index (χ0n) is 9.62. The van der Waals surface area contributed by atoms with Crippen LogP contribution in [0.5, 0.6) is 0 Å². The van der Waals surface area contributed by atoms with Crippen LogP contribution in [0.4, 0.5) is 5.69 Å². The number of carboxylic acid groups (broad SMARTS) is 1. The zero-order chi connectivity index (χ0) is 14.9. The molecule has 1 aromatic heterocycles. The van der Waals surface area contributed by atoms with E-state index in [1.54, 1.807) is 6.07 Å². The van der Waals surface area contributed by atoms with Crippen LogP contribution in [0.3, 0.4) is 0 Å². The number of amides is 1. The van der Waals surface area contributed by atoms with E-state index in [9.17, 15) is 9.59 Å². The van der Waals surface area contributed by atoms with Gasteiger partial charge < -0.3 is 10.4 Å². The highest BCUT2D eigenvalue weighted by atomic mass is 79.9. The van der Waals surface area contributed by atoms with Gasteiger partial charge in [-0.3, -0.25) is 4.79 Å². The summed E-state index contributed by atoms with van der Waals surface area (Å²) in [7, 11) is 0. The van der Waals surface area contributed by atoms with Crippen molar-refractivity contribution >= 4 is 72.4 Å². The summed E-state index contributed by atoms with van der Waals surface area (Å²) in [5, 5.41) is 12.0. The molecular weight excluding hydrogens is 433 g/mol. The van der Waals surface area contributed by atoms with Gasteiger partial charge in [-0.1, -0.05) is 11.6 Å². The molecule has 0 spiro atoms. The van der Waals surface area contributed by atoms with Gasteiger partial charge in [0.2, 0.25) is 0 Å². The van der Waals surface area contributed by atoms with Crippen LogP contribution in [0, 0.1) is 0 Å². The molecule has 0 aliphatic rings. The highest BCUT2D eigenvalue weighted by Crippen LogP contribution is 2.32. The molecule has 0 aliphatic heterocycles. The van der Waals surface area contributed by atoms with Crippen LogP contribution in [-0.4, -0.2) is 17.0 Å². The van der Waals surface area contributed by atoms with Crippen molar-refractivity contribution in [1.29, 1.82) is 0 Å². The van der Waals surface area contributed by atoms with Crippen LogP contribution >= 0.6 is 54.8 Å². The molecule has 4 nitrogen and oxygen atoms in total. The molecule has 0 bridgehead atoms. The summed E-state index contributed by atoms with van der Waals surface area (Å²) >= 11 is 13.7. The van der Waals surface area contributed by atoms with Crippen LogP contribution in [0.1, 0.15) is 20.7 Å². The Morgan fingerprint density at radius 3 is 2.45 bits per heavy atom. The standard InChI is InChI=1S/C12H6Br2ClNO3S/c13-9-4-7(10(14)20-9)11(17)16-8-2-1-5(15)3-6(8)12(18)19/h1-4H,(H,16,17)(H,18,19). The molecular formula is C12H6Br2ClNO3S. The second kappa shape index (κ2) is 6.26. The molecule has 2 N–H and O–H groups in total. The molecule has 1 aromatic carbocycles. The van der Waals surface area contributed by atoms with E-state index in [-0.39, 0.29) is 11.3 Å². The summed E-state index contributed by atoms with van der Waals surface area (Å²) in [5.74, 6) is -1.56. The Morgan fingerprint density at radius 1 is 1.20 bits per heavy atom. The molecule has 0 atom stereocenters. The molecule has 1 heterocycles. The second-order valence-corrected chi connectivity index (χ2v) is 7.87. The number of nitrogens with one attached hydrogen (secondary N) is 1. The number of hydrogen-bond donors (Lipinski definition) is 2. The molecule has 8 heteroatoms. The summed E-state index contributed by atoms with van der Waals surface area (Å²) in [6.07, 6.45) is 0. The molecule has 0 unspecified atom stereocenters. The van der Waals surface area contributed by atoms with Gasteiger partial charge in [-0.15, -0.1) is 11.3 Å². The van der Waals surface area contributed by atoms with Gasteiger partial charge in [0.05, 0.1) is 24.4 Å². The van der Waals surface area contributed by atoms with E-state index in [2.05, 4.69) is 37.2 Å². The number of rotatable bonds is 3. The highest BCUT2D eigenvalue weighted by Gasteiger charge is 2.17. The summed E-state index contributed by atoms with van der Waals surface area (Å²) in [5.41, 5.74) is 0.561. The first-order valence-corrected chi connectivity index (χ1v) is 7.95. The smallest absolute Gasteiger partial charge is 0.337 e. The van der Waals surface area contributed by atoms with Crippen molar-refractivity contribution in [3.05, 3.63) is 48.0 Å². The lowest BCUT2D eigenvalue weighted by atomic mass is 10.1. The first-order chi connectivity index (χ1) is 9.38. The number of carbonyl (C=O) groups is 2. The van der Waals surface area contributed by atoms with Crippen molar-refractivity contribution in [1.82, 2.24) is 0 Å². The predicted octanol–water partition coefficient (Wildman–Crippen LogP) is 4.88. The van der Waals surface area contributed by atoms with Crippen molar-refractivity contribution in [2.75, 3.05) is 5.32 Å². The quantitative estimate of drug-likeness (QED) is 0.717. The van der Waals surface area contributed by atoms with Gasteiger partial charge in [0.25, 0.3) is 5.91 Å². The molecule has 0 saturated heterocycles. The average Bonchev–Trinajstić information content (AvgIpc) is 2.70. The van der Waals surface area contributed by atoms with Crippen molar-refractivity contribution in [3.63, 3.8) is 0 Å². The number of benzene rings is 1. The molecule has 0 radical (unpaired) electrons. The van der Waals surface area contributed by atoms with Crippen LogP contribution in [0.15, 0.2) is 31.8 Å². The van der Waals surface area contributed by atoms with E-state index >= 15 is 0 Å². The van der Waals surface area contributed by atoms with E-state index in [0.29, 0.717) is 14.4 Å². The number of aromatic carboxylic acids is 1. The molecule has 2 aromatic rings. The maximum absolute atomic E-state index is 12.1. The van der Waals surface area contributed by atoms with Gasteiger partial charge in [0.1, 0.15) is 0 Å². The monoisotopic (exact) mass is 437 g/mol. The third kappa shape index (κ3) is 3.41. The number of carbonyl (C=O) groups excluding carboxylic acids is 1. The largest absolute Gasteiger partial charge is 0.478 e. The van der Waals surface area contributed by atoms with Gasteiger partial charge in [0.15, 0.2) is 0 Å². The number of anilines is 1. The molecule has 0 saturated carbocycles. The van der Waals surface area contributed by atoms with Crippen LogP contribution in [-0.2, 0) is 0 Å². The molecule has 20 heavy (non-hydrogen) atoms. The summed E-state index contributed by atoms with van der Waals surface area (Å²) in [6.45, 7) is 0. The fourth-order valence-electron chi connectivity index (χ4n) is 1.49. The van der Waals surface area contributed by atoms with Crippen LogP contribution in [0.2, 0.25) is 5.02 Å². The van der Waals surface area contributed by atoms with Crippen LogP contribution < -0.4 is 5.32 Å². The minimum absolute atomic E-state index is 0.0590. The first-order valence-electron chi connectivity index (χ1n) is 5.17. The maximum atomic E-state index is 12.1. The van der Waals surface area contributed by atoms with Gasteiger partial charge in [-0.05, 0) is 56.1 Å². The lowest BCUT2D eigenvalue weighted by Gasteiger charge is -2.08. The fourth-order valence-corrected chi connectivity index (χ4v) is 4.45. The second-order valence-electron chi connectivity index (χ2n) is 3.69. The van der Waals surface area contributed by atoms with E-state index < -0.39 is 11.9 Å². The van der Waals surface area contributed by atoms with Crippen molar-refractivity contribution < 1.29 is 14.7 Å². The van der Waals surface area contributed by atoms with Crippen molar-refractivity contribution in [2.45, 2.75) is 0 Å². The van der Waals surface area contributed by atoms with Crippen molar-refractivity contribution in [2.24, 2.45) is 0 Å². The molecule has 104 valence electrons. The highest BCUT2D eigenvalue weighted by molar-refractivity contribution is 9.12. The van der Waals surface area contributed by atoms with Gasteiger partial charge >= 0.3 is 5.97 Å². The molecule has 0 aliphatic carbocycles. The normalized spacial score (nSPS) is 10.3. The predicted molar refractivity (Wildman–Crippen MR) is 86.1 cm³/mol. The summed E-state index contributed by atoms with van der Waals surface area (Å²) < 4.78 is 1.46. The van der Waals surface area contributed by atoms with E-state index in [0.717, 1.165) is 3.79 Å². The topological polar surface area (TPSA) is 66.4 Å². The number of thiophene rings is 1. The first kappa shape index (κ1) is 15.5. The Kier molecular flexibility index (Phi) is 4.85. The Labute approximate surface area is 140 Å². The summed E-state index contributed by atoms with van der Waals surface area (Å²) in [4.78, 5) is 23.3. The number of carboxylic acids is 1. The van der Waals surface area contributed by atoms with E-state index in [4.69, 9.17) is 16.7 Å². The van der Waals surface area contributed by atoms with Gasteiger partial charge in [-0.2, -0.15) is 0 Å². The Hall–Kier alpha value is -0.890. The fraction of sp³-hybridized carbons (Fsp3) is 0. The minimum Gasteiger partial charge on any atom is -0.478 e. The zero-order valence-corrected chi connectivity index (χ0v) is 14.4. The third-order valence-corrected chi connectivity index (χ3v) is 4.94. The molecule has 0 fully saturated rings. The van der Waals surface area contributed by atoms with Gasteiger partial charge in [0, 0.05) is 5.02 Å². The van der Waals surface area contributed by atoms with E-state index in [1.807, 2.05) is 0 Å². The van der Waals surface area contributed by atoms with Gasteiger partial charge in [-0.25, -0.2) is 4.79 Å². The van der Waals surface area contributed by atoms with E-state index in [1.165, 1.54) is 29.5 Å². The SMILES string of the molecule is O=C(O)c1cc(Cl)ccc1NC(=O)c1cc(Br)sc1Br. The maximum Gasteiger partial charge on any atom is 0.337 e. The number of hydrogen-bond acceptors (Lipinski definition) is 3. The summed E-state index contributed by atoms with van der Waals surface area (Å²) in [6, 6.07) is 5.92. The lowest BCUT2D eigenvalue weighted by molar-refractivity contribution is 0.0698. The van der Waals surface area contributed by atoms with Crippen molar-refractivity contribution in [3.8, 4) is 0 Å². The third-order valence-electron chi connectivity index (χ3n) is 2.36. The molecule has 2 rings (SSSR count). The Bertz CT molecular complexity index is 702. The minimum atomic E-state index is -1.16. The Morgan fingerprint density at radius 2 is 1.90 bits per heavy atom. The van der Waals surface area contributed by atoms with Crippen LogP contribution in [0.25, 0.3) is 0 Å². The Balaban J connectivity index is 2.33. The number of halogens is 3. The molecule has 1 amide bonds.